The first kappa shape index (κ1) is 14.0. The lowest BCUT2D eigenvalue weighted by Crippen LogP contribution is -2.40. The number of rotatable bonds is 3. The van der Waals surface area contributed by atoms with Gasteiger partial charge in [-0.15, -0.1) is 0 Å². The Bertz CT molecular complexity index is 195. The largest absolute Gasteiger partial charge is 0.313 e. The molecule has 0 bridgehead atoms. The predicted octanol–water partition coefficient (Wildman–Crippen LogP) is 2.74. The summed E-state index contributed by atoms with van der Waals surface area (Å²) < 4.78 is 0. The molecule has 1 fully saturated rings. The van der Waals surface area contributed by atoms with E-state index in [4.69, 9.17) is 0 Å². The van der Waals surface area contributed by atoms with E-state index >= 15 is 0 Å². The van der Waals surface area contributed by atoms with Crippen LogP contribution in [0.2, 0.25) is 0 Å². The second-order valence-electron chi connectivity index (χ2n) is 6.44. The molecule has 2 nitrogen and oxygen atoms in total. The van der Waals surface area contributed by atoms with E-state index in [1.807, 2.05) is 0 Å². The van der Waals surface area contributed by atoms with Crippen LogP contribution >= 0.6 is 0 Å². The van der Waals surface area contributed by atoms with E-state index in [9.17, 15) is 0 Å². The van der Waals surface area contributed by atoms with Crippen LogP contribution in [0.15, 0.2) is 0 Å². The maximum Gasteiger partial charge on any atom is 0.0192 e. The zero-order chi connectivity index (χ0) is 12.2. The summed E-state index contributed by atoms with van der Waals surface area (Å²) in [5, 5.41) is 3.63. The molecule has 2 unspecified atom stereocenters. The molecule has 0 aromatic heterocycles. The van der Waals surface area contributed by atoms with E-state index in [0.29, 0.717) is 11.5 Å². The Balaban J connectivity index is 2.45. The van der Waals surface area contributed by atoms with Crippen LogP contribution in [0.1, 0.15) is 47.5 Å². The number of hydrogen-bond donors (Lipinski definition) is 1. The highest BCUT2D eigenvalue weighted by atomic mass is 15.2. The summed E-state index contributed by atoms with van der Waals surface area (Å²) >= 11 is 0. The van der Waals surface area contributed by atoms with Crippen LogP contribution in [0.25, 0.3) is 0 Å². The first-order chi connectivity index (χ1) is 7.43. The second kappa shape index (κ2) is 6.02. The van der Waals surface area contributed by atoms with Crippen molar-refractivity contribution >= 4 is 0 Å². The lowest BCUT2D eigenvalue weighted by atomic mass is 9.82. The molecular formula is C14H30N2. The summed E-state index contributed by atoms with van der Waals surface area (Å²) in [5.74, 6) is 0.767. The molecular weight excluding hydrogens is 196 g/mol. The van der Waals surface area contributed by atoms with Crippen LogP contribution in [0.5, 0.6) is 0 Å². The number of hydrogen-bond acceptors (Lipinski definition) is 2. The highest BCUT2D eigenvalue weighted by Crippen LogP contribution is 2.26. The first-order valence-electron chi connectivity index (χ1n) is 6.89. The van der Waals surface area contributed by atoms with Crippen molar-refractivity contribution in [3.63, 3.8) is 0 Å². The molecule has 0 aliphatic carbocycles. The van der Waals surface area contributed by atoms with Crippen molar-refractivity contribution in [2.45, 2.75) is 53.5 Å². The second-order valence-corrected chi connectivity index (χ2v) is 6.44. The van der Waals surface area contributed by atoms with Gasteiger partial charge in [-0.3, -0.25) is 0 Å². The summed E-state index contributed by atoms with van der Waals surface area (Å²) in [6.07, 6.45) is 2.55. The first-order valence-corrected chi connectivity index (χ1v) is 6.89. The third-order valence-corrected chi connectivity index (χ3v) is 4.07. The van der Waals surface area contributed by atoms with E-state index < -0.39 is 0 Å². The molecule has 1 heterocycles. The van der Waals surface area contributed by atoms with Crippen LogP contribution in [0, 0.1) is 11.3 Å². The maximum absolute atomic E-state index is 3.63. The molecule has 1 N–H and O–H groups in total. The minimum absolute atomic E-state index is 0.432. The van der Waals surface area contributed by atoms with Gasteiger partial charge >= 0.3 is 0 Å². The summed E-state index contributed by atoms with van der Waals surface area (Å²) in [6.45, 7) is 16.7. The third kappa shape index (κ3) is 4.42. The fourth-order valence-corrected chi connectivity index (χ4v) is 2.18. The topological polar surface area (TPSA) is 15.3 Å². The van der Waals surface area contributed by atoms with Crippen molar-refractivity contribution in [1.82, 2.24) is 10.2 Å². The predicted molar refractivity (Wildman–Crippen MR) is 71.8 cm³/mol. The zero-order valence-corrected chi connectivity index (χ0v) is 11.8. The fourth-order valence-electron chi connectivity index (χ4n) is 2.18. The zero-order valence-electron chi connectivity index (χ0n) is 11.8. The van der Waals surface area contributed by atoms with Crippen molar-refractivity contribution in [2.24, 2.45) is 11.3 Å². The summed E-state index contributed by atoms with van der Waals surface area (Å²) in [6, 6.07) is 0.703. The lowest BCUT2D eigenvalue weighted by molar-refractivity contribution is 0.159. The molecule has 0 amide bonds. The van der Waals surface area contributed by atoms with Gasteiger partial charge in [0.1, 0.15) is 0 Å². The molecule has 1 aliphatic rings. The minimum Gasteiger partial charge on any atom is -0.313 e. The highest BCUT2D eigenvalue weighted by molar-refractivity contribution is 4.79. The van der Waals surface area contributed by atoms with E-state index in [1.165, 1.54) is 39.0 Å². The molecule has 2 heteroatoms. The van der Waals surface area contributed by atoms with Gasteiger partial charge in [-0.05, 0) is 37.3 Å². The molecule has 2 atom stereocenters. The monoisotopic (exact) mass is 226 g/mol. The highest BCUT2D eigenvalue weighted by Gasteiger charge is 2.24. The Morgan fingerprint density at radius 3 is 2.62 bits per heavy atom. The van der Waals surface area contributed by atoms with Crippen molar-refractivity contribution in [1.29, 1.82) is 0 Å². The molecule has 0 radical (unpaired) electrons. The molecule has 0 aromatic rings. The summed E-state index contributed by atoms with van der Waals surface area (Å²) in [5.41, 5.74) is 0.432. The number of nitrogens with one attached hydrogen (secondary N) is 1. The summed E-state index contributed by atoms with van der Waals surface area (Å²) in [4.78, 5) is 2.66. The Morgan fingerprint density at radius 2 is 2.06 bits per heavy atom. The number of nitrogens with zero attached hydrogens (tertiary/aromatic N) is 1. The SMILES string of the molecule is CCC1CN(CC(C)C(C)(C)C)CCCN1. The van der Waals surface area contributed by atoms with Crippen LogP contribution in [-0.4, -0.2) is 37.1 Å². The van der Waals surface area contributed by atoms with Crippen LogP contribution < -0.4 is 5.32 Å². The quantitative estimate of drug-likeness (QED) is 0.796. The van der Waals surface area contributed by atoms with E-state index in [0.717, 1.165) is 5.92 Å². The van der Waals surface area contributed by atoms with Crippen molar-refractivity contribution in [3.8, 4) is 0 Å². The average Bonchev–Trinajstić information content (AvgIpc) is 2.41. The van der Waals surface area contributed by atoms with Crippen molar-refractivity contribution in [3.05, 3.63) is 0 Å². The molecule has 1 saturated heterocycles. The molecule has 1 aliphatic heterocycles. The van der Waals surface area contributed by atoms with Gasteiger partial charge in [-0.2, -0.15) is 0 Å². The Kier molecular flexibility index (Phi) is 5.26. The van der Waals surface area contributed by atoms with Gasteiger partial charge in [0.2, 0.25) is 0 Å². The smallest absolute Gasteiger partial charge is 0.0192 e. The third-order valence-electron chi connectivity index (χ3n) is 4.07. The minimum atomic E-state index is 0.432. The fraction of sp³-hybridized carbons (Fsp3) is 1.00. The van der Waals surface area contributed by atoms with Crippen LogP contribution in [0.4, 0.5) is 0 Å². The molecule has 0 spiro atoms. The molecule has 0 aromatic carbocycles. The molecule has 1 rings (SSSR count). The van der Waals surface area contributed by atoms with E-state index in [2.05, 4.69) is 44.8 Å². The lowest BCUT2D eigenvalue weighted by Gasteiger charge is -2.33. The van der Waals surface area contributed by atoms with Gasteiger partial charge in [-0.25, -0.2) is 0 Å². The van der Waals surface area contributed by atoms with Gasteiger partial charge in [0.05, 0.1) is 0 Å². The van der Waals surface area contributed by atoms with Gasteiger partial charge in [-0.1, -0.05) is 34.6 Å². The Hall–Kier alpha value is -0.0800. The van der Waals surface area contributed by atoms with Crippen LogP contribution in [-0.2, 0) is 0 Å². The maximum atomic E-state index is 3.63. The molecule has 96 valence electrons. The molecule has 16 heavy (non-hydrogen) atoms. The van der Waals surface area contributed by atoms with Gasteiger partial charge in [0, 0.05) is 19.1 Å². The summed E-state index contributed by atoms with van der Waals surface area (Å²) in [7, 11) is 0. The average molecular weight is 226 g/mol. The normalized spacial score (nSPS) is 26.4. The van der Waals surface area contributed by atoms with Crippen molar-refractivity contribution < 1.29 is 0 Å². The molecule has 0 saturated carbocycles. The van der Waals surface area contributed by atoms with E-state index in [-0.39, 0.29) is 0 Å². The van der Waals surface area contributed by atoms with Crippen LogP contribution in [0.3, 0.4) is 0 Å². The van der Waals surface area contributed by atoms with Gasteiger partial charge in [0.25, 0.3) is 0 Å². The standard InChI is InChI=1S/C14H30N2/c1-6-13-11-16(9-7-8-15-13)10-12(2)14(3,4)5/h12-13,15H,6-11H2,1-5H3. The Labute approximate surface area is 102 Å². The van der Waals surface area contributed by atoms with Gasteiger partial charge in [0.15, 0.2) is 0 Å². The van der Waals surface area contributed by atoms with Gasteiger partial charge < -0.3 is 10.2 Å². The Morgan fingerprint density at radius 1 is 1.38 bits per heavy atom. The van der Waals surface area contributed by atoms with E-state index in [1.54, 1.807) is 0 Å². The van der Waals surface area contributed by atoms with Crippen molar-refractivity contribution in [2.75, 3.05) is 26.2 Å².